The molecule has 0 saturated heterocycles. The third kappa shape index (κ3) is 6.50. The fourth-order valence-electron chi connectivity index (χ4n) is 2.95. The van der Waals surface area contributed by atoms with Crippen LogP contribution in [0.1, 0.15) is 18.1 Å². The van der Waals surface area contributed by atoms with Crippen molar-refractivity contribution in [3.05, 3.63) is 90.0 Å². The number of hydrogen-bond acceptors (Lipinski definition) is 6. The van der Waals surface area contributed by atoms with Crippen molar-refractivity contribution in [1.82, 2.24) is 5.43 Å². The van der Waals surface area contributed by atoms with Crippen LogP contribution in [0.25, 0.3) is 0 Å². The lowest BCUT2D eigenvalue weighted by Gasteiger charge is -2.24. The number of nitrogens with zero attached hydrogens (tertiary/aromatic N) is 2. The topological polar surface area (TPSA) is 105 Å². The molecule has 0 aliphatic heterocycles. The number of hydrogen-bond donors (Lipinski definition) is 1. The third-order valence-electron chi connectivity index (χ3n) is 4.45. The first-order valence-electron chi connectivity index (χ1n) is 10.0. The molecular weight excluding hydrogens is 442 g/mol. The molecule has 0 aliphatic rings. The van der Waals surface area contributed by atoms with Crippen LogP contribution in [-0.2, 0) is 19.6 Å². The Morgan fingerprint density at radius 1 is 1.00 bits per heavy atom. The molecule has 0 heterocycles. The van der Waals surface area contributed by atoms with Crippen LogP contribution in [0.15, 0.2) is 88.9 Å². The fourth-order valence-corrected chi connectivity index (χ4v) is 4.38. The van der Waals surface area contributed by atoms with E-state index in [4.69, 9.17) is 4.74 Å². The summed E-state index contributed by atoms with van der Waals surface area (Å²) in [6, 6.07) is 21.3. The van der Waals surface area contributed by atoms with Crippen LogP contribution < -0.4 is 14.5 Å². The van der Waals surface area contributed by atoms with Gasteiger partial charge in [0.05, 0.1) is 16.8 Å². The van der Waals surface area contributed by atoms with E-state index in [9.17, 15) is 18.0 Å². The number of aryl methyl sites for hydroxylation is 1. The SMILES string of the molecule is CC(=O)Oc1ccc(/C=N\NC(=O)CN(c2cccc(C)c2)S(=O)(=O)c2ccccc2)cc1. The summed E-state index contributed by atoms with van der Waals surface area (Å²) in [4.78, 5) is 23.6. The molecule has 3 rings (SSSR count). The first-order chi connectivity index (χ1) is 15.8. The standard InChI is InChI=1S/C24H23N3O5S/c1-18-7-6-8-21(15-18)27(33(30,31)23-9-4-3-5-10-23)17-24(29)26-25-16-20-11-13-22(14-12-20)32-19(2)28/h3-16H,17H2,1-2H3,(H,26,29)/b25-16-. The van der Waals surface area contributed by atoms with Crippen molar-refractivity contribution in [2.45, 2.75) is 18.7 Å². The maximum Gasteiger partial charge on any atom is 0.308 e. The second-order valence-corrected chi connectivity index (χ2v) is 8.98. The molecule has 0 saturated carbocycles. The molecule has 1 amide bonds. The molecule has 33 heavy (non-hydrogen) atoms. The molecule has 0 bridgehead atoms. The summed E-state index contributed by atoms with van der Waals surface area (Å²) < 4.78 is 32.5. The van der Waals surface area contributed by atoms with Gasteiger partial charge in [0.25, 0.3) is 15.9 Å². The van der Waals surface area contributed by atoms with Gasteiger partial charge in [0, 0.05) is 6.92 Å². The smallest absolute Gasteiger partial charge is 0.308 e. The number of carbonyl (C=O) groups is 2. The maximum atomic E-state index is 13.3. The van der Waals surface area contributed by atoms with Crippen LogP contribution in [0.3, 0.4) is 0 Å². The Balaban J connectivity index is 1.75. The molecule has 0 atom stereocenters. The first kappa shape index (κ1) is 23.7. The highest BCUT2D eigenvalue weighted by atomic mass is 32.2. The highest BCUT2D eigenvalue weighted by Gasteiger charge is 2.27. The lowest BCUT2D eigenvalue weighted by atomic mass is 10.2. The molecule has 0 fully saturated rings. The number of carbonyl (C=O) groups excluding carboxylic acids is 2. The number of sulfonamides is 1. The maximum absolute atomic E-state index is 13.3. The number of ether oxygens (including phenoxy) is 1. The van der Waals surface area contributed by atoms with Gasteiger partial charge >= 0.3 is 5.97 Å². The highest BCUT2D eigenvalue weighted by Crippen LogP contribution is 2.24. The summed E-state index contributed by atoms with van der Waals surface area (Å²) in [6.45, 7) is 2.69. The van der Waals surface area contributed by atoms with E-state index in [0.717, 1.165) is 9.87 Å². The molecule has 3 aromatic rings. The number of esters is 1. The normalized spacial score (nSPS) is 11.2. The Kier molecular flexibility index (Phi) is 7.57. The van der Waals surface area contributed by atoms with E-state index in [1.54, 1.807) is 60.7 Å². The van der Waals surface area contributed by atoms with E-state index in [1.807, 2.05) is 13.0 Å². The van der Waals surface area contributed by atoms with Crippen LogP contribution in [0.5, 0.6) is 5.75 Å². The third-order valence-corrected chi connectivity index (χ3v) is 6.24. The number of rotatable bonds is 8. The number of nitrogens with one attached hydrogen (secondary N) is 1. The minimum absolute atomic E-state index is 0.0793. The molecule has 0 unspecified atom stereocenters. The minimum atomic E-state index is -3.98. The summed E-state index contributed by atoms with van der Waals surface area (Å²) in [5, 5.41) is 3.90. The highest BCUT2D eigenvalue weighted by molar-refractivity contribution is 7.92. The number of amides is 1. The molecule has 0 spiro atoms. The Bertz CT molecular complexity index is 1260. The Morgan fingerprint density at radius 2 is 1.70 bits per heavy atom. The lowest BCUT2D eigenvalue weighted by molar-refractivity contribution is -0.131. The van der Waals surface area contributed by atoms with Crippen molar-refractivity contribution in [3.8, 4) is 5.75 Å². The summed E-state index contributed by atoms with van der Waals surface area (Å²) in [5.41, 5.74) is 4.24. The summed E-state index contributed by atoms with van der Waals surface area (Å²) >= 11 is 0. The van der Waals surface area contributed by atoms with Crippen LogP contribution in [-0.4, -0.2) is 33.1 Å². The predicted molar refractivity (Wildman–Crippen MR) is 126 cm³/mol. The van der Waals surface area contributed by atoms with Crippen LogP contribution in [0, 0.1) is 6.92 Å². The van der Waals surface area contributed by atoms with Gasteiger partial charge in [-0.25, -0.2) is 13.8 Å². The molecule has 0 aliphatic carbocycles. The molecule has 3 aromatic carbocycles. The molecule has 0 aromatic heterocycles. The van der Waals surface area contributed by atoms with Gasteiger partial charge < -0.3 is 4.74 Å². The zero-order chi connectivity index (χ0) is 23.8. The average Bonchev–Trinajstić information content (AvgIpc) is 2.79. The van der Waals surface area contributed by atoms with Crippen molar-refractivity contribution in [1.29, 1.82) is 0 Å². The zero-order valence-electron chi connectivity index (χ0n) is 18.1. The van der Waals surface area contributed by atoms with Gasteiger partial charge in [0.15, 0.2) is 0 Å². The van der Waals surface area contributed by atoms with Crippen molar-refractivity contribution >= 4 is 33.8 Å². The summed E-state index contributed by atoms with van der Waals surface area (Å²) in [5.74, 6) is -0.639. The number of benzene rings is 3. The molecule has 9 heteroatoms. The van der Waals surface area contributed by atoms with E-state index in [0.29, 0.717) is 17.0 Å². The monoisotopic (exact) mass is 465 g/mol. The van der Waals surface area contributed by atoms with Gasteiger partial charge in [-0.05, 0) is 66.6 Å². The van der Waals surface area contributed by atoms with Gasteiger partial charge in [-0.15, -0.1) is 0 Å². The van der Waals surface area contributed by atoms with Gasteiger partial charge in [0.1, 0.15) is 12.3 Å². The van der Waals surface area contributed by atoms with Crippen LogP contribution in [0.2, 0.25) is 0 Å². The van der Waals surface area contributed by atoms with Crippen LogP contribution in [0.4, 0.5) is 5.69 Å². The molecule has 1 N–H and O–H groups in total. The molecule has 0 radical (unpaired) electrons. The van der Waals surface area contributed by atoms with E-state index in [1.165, 1.54) is 25.3 Å². The average molecular weight is 466 g/mol. The van der Waals surface area contributed by atoms with E-state index in [-0.39, 0.29) is 4.90 Å². The van der Waals surface area contributed by atoms with E-state index >= 15 is 0 Å². The van der Waals surface area contributed by atoms with Crippen molar-refractivity contribution in [2.24, 2.45) is 5.10 Å². The van der Waals surface area contributed by atoms with Gasteiger partial charge in [0.2, 0.25) is 0 Å². The van der Waals surface area contributed by atoms with Crippen LogP contribution >= 0.6 is 0 Å². The van der Waals surface area contributed by atoms with Crippen molar-refractivity contribution < 1.29 is 22.7 Å². The largest absolute Gasteiger partial charge is 0.427 e. The first-order valence-corrected chi connectivity index (χ1v) is 11.4. The van der Waals surface area contributed by atoms with Gasteiger partial charge in [-0.3, -0.25) is 13.9 Å². The zero-order valence-corrected chi connectivity index (χ0v) is 19.0. The lowest BCUT2D eigenvalue weighted by Crippen LogP contribution is -2.39. The number of hydrazone groups is 1. The summed E-state index contributed by atoms with van der Waals surface area (Å²) in [7, 11) is -3.98. The summed E-state index contributed by atoms with van der Waals surface area (Å²) in [6.07, 6.45) is 1.40. The fraction of sp³-hybridized carbons (Fsp3) is 0.125. The Hall–Kier alpha value is -3.98. The molecular formula is C24H23N3O5S. The van der Waals surface area contributed by atoms with Gasteiger partial charge in [-0.1, -0.05) is 30.3 Å². The second kappa shape index (κ2) is 10.6. The van der Waals surface area contributed by atoms with E-state index < -0.39 is 28.4 Å². The Labute approximate surface area is 192 Å². The Morgan fingerprint density at radius 3 is 2.33 bits per heavy atom. The second-order valence-electron chi connectivity index (χ2n) is 7.12. The molecule has 170 valence electrons. The van der Waals surface area contributed by atoms with Crippen molar-refractivity contribution in [3.63, 3.8) is 0 Å². The van der Waals surface area contributed by atoms with Crippen molar-refractivity contribution in [2.75, 3.05) is 10.8 Å². The van der Waals surface area contributed by atoms with E-state index in [2.05, 4.69) is 10.5 Å². The molecule has 8 nitrogen and oxygen atoms in total. The number of anilines is 1. The predicted octanol–water partition coefficient (Wildman–Crippen LogP) is 3.27. The quantitative estimate of drug-likeness (QED) is 0.238. The van der Waals surface area contributed by atoms with Gasteiger partial charge in [-0.2, -0.15) is 5.10 Å². The minimum Gasteiger partial charge on any atom is -0.427 e.